The Labute approximate surface area is 340 Å². The smallest absolute Gasteiger partial charge is 0.226 e. The number of allylic oxidation sites excluding steroid dienone is 15. The molecular weight excluding hydrogens is 695 g/mol. The monoisotopic (exact) mass is 751 g/mol. The van der Waals surface area contributed by atoms with Crippen LogP contribution in [0.15, 0.2) is 175 Å². The summed E-state index contributed by atoms with van der Waals surface area (Å²) in [6.07, 6.45) is 30.6. The second-order valence-corrected chi connectivity index (χ2v) is 15.7. The maximum absolute atomic E-state index is 6.68. The number of aryl methyl sites for hydroxylation is 1. The third-order valence-corrected chi connectivity index (χ3v) is 10.4. The minimum absolute atomic E-state index is 0.153. The van der Waals surface area contributed by atoms with Crippen molar-refractivity contribution < 1.29 is 4.42 Å². The lowest BCUT2D eigenvalue weighted by Gasteiger charge is -2.32. The van der Waals surface area contributed by atoms with Crippen molar-refractivity contribution in [2.45, 2.75) is 79.6 Å². The number of benzene rings is 3. The number of aromatic nitrogens is 2. The topological polar surface area (TPSA) is 34.2 Å². The van der Waals surface area contributed by atoms with Gasteiger partial charge in [0, 0.05) is 33.7 Å². The minimum atomic E-state index is -0.153. The normalized spacial score (nSPS) is 13.8. The zero-order valence-corrected chi connectivity index (χ0v) is 34.8. The van der Waals surface area contributed by atoms with Gasteiger partial charge in [-0.3, -0.25) is 0 Å². The largest absolute Gasteiger partial charge is 0.435 e. The summed E-state index contributed by atoms with van der Waals surface area (Å²) in [5.41, 5.74) is 13.2. The molecule has 0 amide bonds. The zero-order valence-electron chi connectivity index (χ0n) is 34.8. The summed E-state index contributed by atoms with van der Waals surface area (Å²) in [6, 6.07) is 24.3. The average molecular weight is 752 g/mol. The highest BCUT2D eigenvalue weighted by Gasteiger charge is 2.26. The molecule has 57 heavy (non-hydrogen) atoms. The Morgan fingerprint density at radius 3 is 2.47 bits per heavy atom. The predicted octanol–water partition coefficient (Wildman–Crippen LogP) is 15.3. The van der Waals surface area contributed by atoms with Crippen molar-refractivity contribution in [2.75, 3.05) is 4.90 Å². The number of hydrogen-bond acceptors (Lipinski definition) is 3. The molecule has 2 heterocycles. The van der Waals surface area contributed by atoms with Crippen LogP contribution < -0.4 is 4.90 Å². The van der Waals surface area contributed by atoms with E-state index in [1.165, 1.54) is 27.6 Å². The van der Waals surface area contributed by atoms with Crippen molar-refractivity contribution in [1.82, 2.24) is 9.55 Å². The highest BCUT2D eigenvalue weighted by atomic mass is 16.4. The lowest BCUT2D eigenvalue weighted by molar-refractivity contribution is 0.553. The molecule has 6 rings (SSSR count). The SMILES string of the molecule is C=C/C(C)=C\C=C(/C)n1c(-c2cnc(C3=CCC=CC=C3)o2)c(CCCC)c2cc(-c3ccc(N(C(=C)/C=C\C=C/C)c4ccccc4)c(C(C)(C)C)c3)ccc21. The van der Waals surface area contributed by atoms with Crippen LogP contribution in [0.2, 0.25) is 0 Å². The van der Waals surface area contributed by atoms with E-state index in [1.807, 2.05) is 43.5 Å². The number of fused-ring (bicyclic) bond motifs is 1. The Morgan fingerprint density at radius 2 is 1.74 bits per heavy atom. The summed E-state index contributed by atoms with van der Waals surface area (Å²) >= 11 is 0. The molecule has 4 nitrogen and oxygen atoms in total. The van der Waals surface area contributed by atoms with E-state index in [4.69, 9.17) is 9.40 Å². The van der Waals surface area contributed by atoms with Gasteiger partial charge in [0.15, 0.2) is 5.76 Å². The van der Waals surface area contributed by atoms with Crippen LogP contribution in [0, 0.1) is 0 Å². The first-order valence-corrected chi connectivity index (χ1v) is 20.2. The van der Waals surface area contributed by atoms with Crippen LogP contribution in [0.1, 0.15) is 84.7 Å². The zero-order chi connectivity index (χ0) is 40.5. The van der Waals surface area contributed by atoms with E-state index in [0.29, 0.717) is 5.89 Å². The maximum Gasteiger partial charge on any atom is 0.226 e. The number of hydrogen-bond donors (Lipinski definition) is 0. The van der Waals surface area contributed by atoms with Crippen molar-refractivity contribution in [3.05, 3.63) is 187 Å². The molecule has 0 radical (unpaired) electrons. The van der Waals surface area contributed by atoms with Crippen LogP contribution in [-0.4, -0.2) is 9.55 Å². The summed E-state index contributed by atoms with van der Waals surface area (Å²) in [5.74, 6) is 1.40. The van der Waals surface area contributed by atoms with Gasteiger partial charge in [0.05, 0.1) is 17.4 Å². The number of rotatable bonds is 14. The van der Waals surface area contributed by atoms with Crippen LogP contribution in [0.25, 0.3) is 44.8 Å². The van der Waals surface area contributed by atoms with Crippen LogP contribution >= 0.6 is 0 Å². The molecule has 0 bridgehead atoms. The second kappa shape index (κ2) is 18.2. The summed E-state index contributed by atoms with van der Waals surface area (Å²) in [5, 5.41) is 1.22. The van der Waals surface area contributed by atoms with Gasteiger partial charge in [-0.2, -0.15) is 0 Å². The predicted molar refractivity (Wildman–Crippen MR) is 247 cm³/mol. The fourth-order valence-corrected chi connectivity index (χ4v) is 7.32. The van der Waals surface area contributed by atoms with Gasteiger partial charge in [-0.15, -0.1) is 0 Å². The molecule has 5 aromatic rings. The maximum atomic E-state index is 6.68. The molecule has 0 atom stereocenters. The molecule has 1 aliphatic rings. The van der Waals surface area contributed by atoms with E-state index >= 15 is 0 Å². The number of oxazole rings is 1. The first-order chi connectivity index (χ1) is 27.5. The quantitative estimate of drug-likeness (QED) is 0.106. The molecule has 0 saturated heterocycles. The van der Waals surface area contributed by atoms with E-state index < -0.39 is 0 Å². The van der Waals surface area contributed by atoms with Crippen LogP contribution in [0.3, 0.4) is 0 Å². The number of unbranched alkanes of at least 4 members (excludes halogenated alkanes) is 1. The van der Waals surface area contributed by atoms with Crippen LogP contribution in [0.5, 0.6) is 0 Å². The molecule has 4 heteroatoms. The number of para-hydroxylation sites is 1. The van der Waals surface area contributed by atoms with E-state index in [2.05, 4.69) is 173 Å². The summed E-state index contributed by atoms with van der Waals surface area (Å²) in [4.78, 5) is 7.09. The molecule has 1 aliphatic carbocycles. The van der Waals surface area contributed by atoms with Gasteiger partial charge in [0.25, 0.3) is 0 Å². The van der Waals surface area contributed by atoms with Crippen molar-refractivity contribution in [2.24, 2.45) is 0 Å². The fraction of sp³-hybridized carbons (Fsp3) is 0.226. The lowest BCUT2D eigenvalue weighted by Crippen LogP contribution is -2.21. The van der Waals surface area contributed by atoms with Gasteiger partial charge < -0.3 is 13.9 Å². The van der Waals surface area contributed by atoms with E-state index in [-0.39, 0.29) is 5.41 Å². The Hall–Kier alpha value is -6.13. The molecule has 0 N–H and O–H groups in total. The number of anilines is 2. The Morgan fingerprint density at radius 1 is 0.965 bits per heavy atom. The molecule has 0 spiro atoms. The van der Waals surface area contributed by atoms with Gasteiger partial charge in [-0.1, -0.05) is 138 Å². The summed E-state index contributed by atoms with van der Waals surface area (Å²) in [7, 11) is 0. The minimum Gasteiger partial charge on any atom is -0.435 e. The fourth-order valence-electron chi connectivity index (χ4n) is 7.32. The summed E-state index contributed by atoms with van der Waals surface area (Å²) in [6.45, 7) is 23.9. The lowest BCUT2D eigenvalue weighted by atomic mass is 9.83. The first kappa shape index (κ1) is 40.5. The van der Waals surface area contributed by atoms with Crippen LogP contribution in [-0.2, 0) is 11.8 Å². The average Bonchev–Trinajstić information content (AvgIpc) is 3.71. The third kappa shape index (κ3) is 9.13. The standard InChI is InChI=1S/C53H57N3O/c1-10-13-18-23-39(5)55(44-26-21-17-22-27-44)49-34-32-43(36-47(49)53(7,8)9)42-31-33-48-46(35-42)45(28-14-11-2)51(56(48)40(6)30-29-38(4)12-3)50-37-54-52(57-50)41-24-19-15-16-20-25-41/h10,12-13,15-19,21-27,29-37H,3,5,11,14,20,28H2,1-2,4,6-9H3/b13-10-,23-18-,38-29-,40-30+. The van der Waals surface area contributed by atoms with Gasteiger partial charge in [-0.05, 0) is 122 Å². The highest BCUT2D eigenvalue weighted by Crippen LogP contribution is 2.43. The van der Waals surface area contributed by atoms with Crippen LogP contribution in [0.4, 0.5) is 11.4 Å². The van der Waals surface area contributed by atoms with Gasteiger partial charge in [0.1, 0.15) is 0 Å². The Kier molecular flexibility index (Phi) is 12.9. The molecule has 2 aromatic heterocycles. The van der Waals surface area contributed by atoms with Crippen molar-refractivity contribution in [1.29, 1.82) is 0 Å². The second-order valence-electron chi connectivity index (χ2n) is 15.7. The van der Waals surface area contributed by atoms with Crippen molar-refractivity contribution in [3.8, 4) is 22.6 Å². The van der Waals surface area contributed by atoms with Gasteiger partial charge >= 0.3 is 0 Å². The van der Waals surface area contributed by atoms with E-state index in [0.717, 1.165) is 76.6 Å². The molecule has 0 fully saturated rings. The molecule has 290 valence electrons. The Balaban J connectivity index is 1.56. The molecular formula is C53H57N3O. The molecule has 0 unspecified atom stereocenters. The van der Waals surface area contributed by atoms with E-state index in [9.17, 15) is 0 Å². The van der Waals surface area contributed by atoms with Gasteiger partial charge in [0.2, 0.25) is 5.89 Å². The van der Waals surface area contributed by atoms with Crippen molar-refractivity contribution in [3.63, 3.8) is 0 Å². The molecule has 0 aliphatic heterocycles. The van der Waals surface area contributed by atoms with E-state index in [1.54, 1.807) is 0 Å². The number of nitrogens with zero attached hydrogens (tertiary/aromatic N) is 3. The van der Waals surface area contributed by atoms with Gasteiger partial charge in [-0.25, -0.2) is 4.98 Å². The molecule has 3 aromatic carbocycles. The summed E-state index contributed by atoms with van der Waals surface area (Å²) < 4.78 is 9.04. The Bertz CT molecular complexity index is 2460. The highest BCUT2D eigenvalue weighted by molar-refractivity contribution is 5.97. The first-order valence-electron chi connectivity index (χ1n) is 20.2. The van der Waals surface area contributed by atoms with Crippen molar-refractivity contribution >= 4 is 33.5 Å². The molecule has 0 saturated carbocycles. The third-order valence-electron chi connectivity index (χ3n) is 10.4.